The van der Waals surface area contributed by atoms with Crippen molar-refractivity contribution in [1.82, 2.24) is 10.2 Å². The molecule has 3 nitrogen and oxygen atoms in total. The first-order valence-corrected chi connectivity index (χ1v) is 5.61. The van der Waals surface area contributed by atoms with Gasteiger partial charge in [0.05, 0.1) is 0 Å². The average Bonchev–Trinajstić information content (AvgIpc) is 2.10. The van der Waals surface area contributed by atoms with Crippen molar-refractivity contribution in [2.75, 3.05) is 19.0 Å². The molecule has 14 heavy (non-hydrogen) atoms. The molecular weight excluding hydrogens is 200 g/mol. The van der Waals surface area contributed by atoms with Crippen LogP contribution in [0.25, 0.3) is 0 Å². The van der Waals surface area contributed by atoms with Gasteiger partial charge in [0.25, 0.3) is 0 Å². The Bertz CT molecular complexity index is 164. The molecule has 0 heterocycles. The zero-order chi connectivity index (χ0) is 11.1. The van der Waals surface area contributed by atoms with Crippen LogP contribution in [0.1, 0.15) is 27.7 Å². The molecule has 1 N–H and O–H groups in total. The Morgan fingerprint density at radius 2 is 1.79 bits per heavy atom. The smallest absolute Gasteiger partial charge is 0.234 e. The van der Waals surface area contributed by atoms with E-state index in [1.165, 1.54) is 0 Å². The van der Waals surface area contributed by atoms with Crippen LogP contribution >= 0.6 is 11.6 Å². The number of carbonyl (C=O) groups is 1. The van der Waals surface area contributed by atoms with E-state index in [1.54, 1.807) is 0 Å². The number of rotatable bonds is 6. The van der Waals surface area contributed by atoms with Gasteiger partial charge in [-0.05, 0) is 27.7 Å². The van der Waals surface area contributed by atoms with Crippen LogP contribution in [-0.4, -0.2) is 41.9 Å². The van der Waals surface area contributed by atoms with Gasteiger partial charge in [0.2, 0.25) is 5.91 Å². The summed E-state index contributed by atoms with van der Waals surface area (Å²) in [5, 5.41) is 2.76. The minimum absolute atomic E-state index is 0.0450. The molecule has 0 aliphatic heterocycles. The summed E-state index contributed by atoms with van der Waals surface area (Å²) in [6.45, 7) is 10.2. The van der Waals surface area contributed by atoms with Gasteiger partial charge in [-0.25, -0.2) is 0 Å². The van der Waals surface area contributed by atoms with Crippen molar-refractivity contribution >= 4 is 17.5 Å². The van der Waals surface area contributed by atoms with E-state index < -0.39 is 0 Å². The van der Waals surface area contributed by atoms with E-state index in [2.05, 4.69) is 37.9 Å². The molecule has 0 aromatic carbocycles. The number of alkyl halides is 1. The lowest BCUT2D eigenvalue weighted by atomic mass is 10.2. The maximum absolute atomic E-state index is 10.9. The lowest BCUT2D eigenvalue weighted by Crippen LogP contribution is -2.42. The number of carbonyl (C=O) groups excluding carboxylic acids is 1. The second kappa shape index (κ2) is 7.07. The quantitative estimate of drug-likeness (QED) is 0.688. The Morgan fingerprint density at radius 1 is 1.29 bits per heavy atom. The molecule has 1 amide bonds. The largest absolute Gasteiger partial charge is 0.354 e. The molecule has 4 heteroatoms. The zero-order valence-electron chi connectivity index (χ0n) is 9.51. The Morgan fingerprint density at radius 3 is 2.14 bits per heavy atom. The van der Waals surface area contributed by atoms with Gasteiger partial charge in [-0.2, -0.15) is 0 Å². The van der Waals surface area contributed by atoms with Crippen LogP contribution in [0.4, 0.5) is 0 Å². The summed E-state index contributed by atoms with van der Waals surface area (Å²) in [7, 11) is 0. The average molecular weight is 221 g/mol. The molecule has 0 unspecified atom stereocenters. The molecule has 0 spiro atoms. The van der Waals surface area contributed by atoms with Crippen LogP contribution in [0.2, 0.25) is 0 Å². The summed E-state index contributed by atoms with van der Waals surface area (Å²) in [5.41, 5.74) is 0. The first kappa shape index (κ1) is 13.7. The highest BCUT2D eigenvalue weighted by Crippen LogP contribution is 2.03. The number of hydrogen-bond donors (Lipinski definition) is 1. The van der Waals surface area contributed by atoms with Crippen LogP contribution in [0.5, 0.6) is 0 Å². The predicted molar refractivity (Wildman–Crippen MR) is 60.7 cm³/mol. The van der Waals surface area contributed by atoms with Crippen LogP contribution in [0.3, 0.4) is 0 Å². The van der Waals surface area contributed by atoms with Gasteiger partial charge in [-0.3, -0.25) is 9.69 Å². The number of hydrogen-bond acceptors (Lipinski definition) is 2. The molecule has 0 bridgehead atoms. The van der Waals surface area contributed by atoms with Gasteiger partial charge in [0.15, 0.2) is 0 Å². The van der Waals surface area contributed by atoms with E-state index in [4.69, 9.17) is 11.6 Å². The SMILES string of the molecule is CC(C)N(CCNC(=O)CCl)C(C)C. The topological polar surface area (TPSA) is 32.3 Å². The molecule has 0 saturated carbocycles. The molecule has 0 rings (SSSR count). The third-order valence-corrected chi connectivity index (χ3v) is 2.38. The van der Waals surface area contributed by atoms with Crippen LogP contribution < -0.4 is 5.32 Å². The van der Waals surface area contributed by atoms with E-state index in [9.17, 15) is 4.79 Å². The molecule has 0 radical (unpaired) electrons. The molecule has 0 fully saturated rings. The maximum Gasteiger partial charge on any atom is 0.234 e. The number of halogens is 1. The van der Waals surface area contributed by atoms with Crippen molar-refractivity contribution in [2.45, 2.75) is 39.8 Å². The minimum Gasteiger partial charge on any atom is -0.354 e. The van der Waals surface area contributed by atoms with E-state index in [0.29, 0.717) is 18.6 Å². The highest BCUT2D eigenvalue weighted by atomic mass is 35.5. The van der Waals surface area contributed by atoms with Gasteiger partial charge in [0, 0.05) is 25.2 Å². The number of nitrogens with zero attached hydrogens (tertiary/aromatic N) is 1. The number of amides is 1. The summed E-state index contributed by atoms with van der Waals surface area (Å²) >= 11 is 5.37. The highest BCUT2D eigenvalue weighted by Gasteiger charge is 2.12. The summed E-state index contributed by atoms with van der Waals surface area (Å²) in [6, 6.07) is 1.01. The van der Waals surface area contributed by atoms with Crippen molar-refractivity contribution in [1.29, 1.82) is 0 Å². The Kier molecular flexibility index (Phi) is 6.93. The lowest BCUT2D eigenvalue weighted by molar-refractivity contribution is -0.118. The lowest BCUT2D eigenvalue weighted by Gasteiger charge is -2.30. The van der Waals surface area contributed by atoms with Crippen LogP contribution in [0, 0.1) is 0 Å². The first-order valence-electron chi connectivity index (χ1n) is 5.07. The molecule has 0 aliphatic carbocycles. The summed E-state index contributed by atoms with van der Waals surface area (Å²) in [4.78, 5) is 13.2. The Labute approximate surface area is 91.8 Å². The molecule has 0 atom stereocenters. The fourth-order valence-corrected chi connectivity index (χ4v) is 1.58. The third-order valence-electron chi connectivity index (χ3n) is 2.14. The summed E-state index contributed by atoms with van der Waals surface area (Å²) < 4.78 is 0. The zero-order valence-corrected chi connectivity index (χ0v) is 10.3. The summed E-state index contributed by atoms with van der Waals surface area (Å²) in [6.07, 6.45) is 0. The van der Waals surface area contributed by atoms with E-state index in [1.807, 2.05) is 0 Å². The standard InChI is InChI=1S/C10H21ClN2O/c1-8(2)13(9(3)4)6-5-12-10(14)7-11/h8-9H,5-7H2,1-4H3,(H,12,14). The third kappa shape index (κ3) is 5.45. The second-order valence-electron chi connectivity index (χ2n) is 3.91. The monoisotopic (exact) mass is 220 g/mol. The fourth-order valence-electron chi connectivity index (χ4n) is 1.48. The first-order chi connectivity index (χ1) is 6.49. The van der Waals surface area contributed by atoms with Crippen molar-refractivity contribution < 1.29 is 4.79 Å². The fraction of sp³-hybridized carbons (Fsp3) is 0.900. The maximum atomic E-state index is 10.9. The van der Waals surface area contributed by atoms with Gasteiger partial charge < -0.3 is 5.32 Å². The van der Waals surface area contributed by atoms with Crippen molar-refractivity contribution in [3.63, 3.8) is 0 Å². The normalized spacial score (nSPS) is 11.4. The minimum atomic E-state index is -0.0980. The molecule has 0 aromatic heterocycles. The van der Waals surface area contributed by atoms with Crippen LogP contribution in [0.15, 0.2) is 0 Å². The van der Waals surface area contributed by atoms with Crippen molar-refractivity contribution in [2.24, 2.45) is 0 Å². The van der Waals surface area contributed by atoms with Gasteiger partial charge >= 0.3 is 0 Å². The molecule has 0 aliphatic rings. The van der Waals surface area contributed by atoms with E-state index in [0.717, 1.165) is 6.54 Å². The molecule has 0 aromatic rings. The summed E-state index contributed by atoms with van der Waals surface area (Å²) in [5.74, 6) is -0.0530. The van der Waals surface area contributed by atoms with E-state index in [-0.39, 0.29) is 11.8 Å². The predicted octanol–water partition coefficient (Wildman–Crippen LogP) is 1.46. The van der Waals surface area contributed by atoms with Crippen molar-refractivity contribution in [3.05, 3.63) is 0 Å². The molecule has 0 saturated heterocycles. The van der Waals surface area contributed by atoms with Gasteiger partial charge in [0.1, 0.15) is 5.88 Å². The number of nitrogens with one attached hydrogen (secondary N) is 1. The Balaban J connectivity index is 3.78. The van der Waals surface area contributed by atoms with Crippen LogP contribution in [-0.2, 0) is 4.79 Å². The van der Waals surface area contributed by atoms with Gasteiger partial charge in [-0.15, -0.1) is 11.6 Å². The second-order valence-corrected chi connectivity index (χ2v) is 4.18. The molecular formula is C10H21ClN2O. The van der Waals surface area contributed by atoms with Gasteiger partial charge in [-0.1, -0.05) is 0 Å². The molecule has 84 valence electrons. The van der Waals surface area contributed by atoms with Crippen molar-refractivity contribution in [3.8, 4) is 0 Å². The Hall–Kier alpha value is -0.280. The highest BCUT2D eigenvalue weighted by molar-refractivity contribution is 6.27. The van der Waals surface area contributed by atoms with E-state index >= 15 is 0 Å².